The lowest BCUT2D eigenvalue weighted by atomic mass is 10.0. The molecule has 3 nitrogen and oxygen atoms in total. The molecule has 15 heavy (non-hydrogen) atoms. The number of para-hydroxylation sites is 1. The number of carbonyl (C=O) groups is 2. The molecule has 0 aromatic heterocycles. The van der Waals surface area contributed by atoms with Crippen LogP contribution in [0.4, 0.5) is 5.69 Å². The van der Waals surface area contributed by atoms with Crippen molar-refractivity contribution in [1.82, 2.24) is 0 Å². The van der Waals surface area contributed by atoms with Gasteiger partial charge in [0.2, 0.25) is 0 Å². The minimum Gasteiger partial charge on any atom is -0.385 e. The third-order valence-corrected chi connectivity index (χ3v) is 2.24. The molecule has 0 aliphatic rings. The normalized spacial score (nSPS) is 11.8. The van der Waals surface area contributed by atoms with Crippen LogP contribution in [0, 0.1) is 5.92 Å². The van der Waals surface area contributed by atoms with Crippen molar-refractivity contribution in [3.05, 3.63) is 30.3 Å². The standard InChI is InChI=1S/C12H15NO2/c1-10(15)11(9-14)7-8-13-12-5-3-2-4-6-12/h2-6,9,11,13H,7-8H2,1H3. The van der Waals surface area contributed by atoms with Crippen LogP contribution in [0.15, 0.2) is 30.3 Å². The van der Waals surface area contributed by atoms with Gasteiger partial charge in [0.25, 0.3) is 0 Å². The molecule has 0 aliphatic heterocycles. The van der Waals surface area contributed by atoms with E-state index in [0.29, 0.717) is 13.0 Å². The summed E-state index contributed by atoms with van der Waals surface area (Å²) in [7, 11) is 0. The average molecular weight is 205 g/mol. The quantitative estimate of drug-likeness (QED) is 0.570. The molecule has 0 saturated heterocycles. The van der Waals surface area contributed by atoms with Crippen LogP contribution >= 0.6 is 0 Å². The Hall–Kier alpha value is -1.64. The van der Waals surface area contributed by atoms with Crippen LogP contribution in [0.3, 0.4) is 0 Å². The Morgan fingerprint density at radius 1 is 1.40 bits per heavy atom. The van der Waals surface area contributed by atoms with Gasteiger partial charge in [0, 0.05) is 12.2 Å². The van der Waals surface area contributed by atoms with E-state index in [9.17, 15) is 9.59 Å². The lowest BCUT2D eigenvalue weighted by Crippen LogP contribution is -2.16. The van der Waals surface area contributed by atoms with Gasteiger partial charge in [0.1, 0.15) is 12.1 Å². The average Bonchev–Trinajstić information content (AvgIpc) is 2.25. The second kappa shape index (κ2) is 5.96. The Labute approximate surface area is 89.5 Å². The third kappa shape index (κ3) is 3.94. The van der Waals surface area contributed by atoms with E-state index in [1.54, 1.807) is 0 Å². The molecular formula is C12H15NO2. The molecule has 1 N–H and O–H groups in total. The highest BCUT2D eigenvalue weighted by molar-refractivity contribution is 5.91. The summed E-state index contributed by atoms with van der Waals surface area (Å²) in [5.41, 5.74) is 1.01. The van der Waals surface area contributed by atoms with Gasteiger partial charge in [-0.15, -0.1) is 0 Å². The summed E-state index contributed by atoms with van der Waals surface area (Å²) < 4.78 is 0. The number of carbonyl (C=O) groups excluding carboxylic acids is 2. The molecular weight excluding hydrogens is 190 g/mol. The second-order valence-electron chi connectivity index (χ2n) is 3.43. The maximum absolute atomic E-state index is 11.0. The van der Waals surface area contributed by atoms with E-state index in [2.05, 4.69) is 5.32 Å². The van der Waals surface area contributed by atoms with Crippen molar-refractivity contribution in [2.24, 2.45) is 5.92 Å². The Bertz CT molecular complexity index is 322. The van der Waals surface area contributed by atoms with E-state index < -0.39 is 5.92 Å². The highest BCUT2D eigenvalue weighted by atomic mass is 16.1. The first-order valence-electron chi connectivity index (χ1n) is 4.98. The summed E-state index contributed by atoms with van der Waals surface area (Å²) in [4.78, 5) is 21.5. The Balaban J connectivity index is 2.33. The monoisotopic (exact) mass is 205 g/mol. The largest absolute Gasteiger partial charge is 0.385 e. The highest BCUT2D eigenvalue weighted by Crippen LogP contribution is 2.07. The van der Waals surface area contributed by atoms with Crippen LogP contribution in [-0.2, 0) is 9.59 Å². The lowest BCUT2D eigenvalue weighted by Gasteiger charge is -2.08. The number of nitrogens with one attached hydrogen (secondary N) is 1. The van der Waals surface area contributed by atoms with Crippen LogP contribution in [-0.4, -0.2) is 18.6 Å². The number of Topliss-reactive ketones (excluding diaryl/α,β-unsaturated/α-hetero) is 1. The molecule has 0 saturated carbocycles. The van der Waals surface area contributed by atoms with Crippen molar-refractivity contribution in [2.75, 3.05) is 11.9 Å². The summed E-state index contributed by atoms with van der Waals surface area (Å²) in [5, 5.41) is 3.15. The summed E-state index contributed by atoms with van der Waals surface area (Å²) in [6.45, 7) is 2.08. The molecule has 0 heterocycles. The van der Waals surface area contributed by atoms with Crippen LogP contribution < -0.4 is 5.32 Å². The summed E-state index contributed by atoms with van der Waals surface area (Å²) >= 11 is 0. The minimum absolute atomic E-state index is 0.0696. The minimum atomic E-state index is -0.471. The fraction of sp³-hybridized carbons (Fsp3) is 0.333. The van der Waals surface area contributed by atoms with E-state index in [-0.39, 0.29) is 5.78 Å². The van der Waals surface area contributed by atoms with Gasteiger partial charge in [-0.05, 0) is 25.5 Å². The van der Waals surface area contributed by atoms with Crippen molar-refractivity contribution in [3.63, 3.8) is 0 Å². The second-order valence-corrected chi connectivity index (χ2v) is 3.43. The first-order chi connectivity index (χ1) is 7.24. The maximum atomic E-state index is 11.0. The number of hydrogen-bond donors (Lipinski definition) is 1. The van der Waals surface area contributed by atoms with Crippen LogP contribution in [0.5, 0.6) is 0 Å². The molecule has 0 aliphatic carbocycles. The van der Waals surface area contributed by atoms with Gasteiger partial charge in [-0.1, -0.05) is 18.2 Å². The Morgan fingerprint density at radius 3 is 2.60 bits per heavy atom. The topological polar surface area (TPSA) is 46.2 Å². The molecule has 3 heteroatoms. The number of hydrogen-bond acceptors (Lipinski definition) is 3. The highest BCUT2D eigenvalue weighted by Gasteiger charge is 2.11. The summed E-state index contributed by atoms with van der Waals surface area (Å²) in [6.07, 6.45) is 1.27. The number of rotatable bonds is 6. The van der Waals surface area contributed by atoms with Crippen LogP contribution in [0.1, 0.15) is 13.3 Å². The predicted molar refractivity (Wildman–Crippen MR) is 59.8 cm³/mol. The first-order valence-corrected chi connectivity index (χ1v) is 4.98. The zero-order chi connectivity index (χ0) is 11.1. The number of benzene rings is 1. The number of aldehydes is 1. The van der Waals surface area contributed by atoms with E-state index in [4.69, 9.17) is 0 Å². The van der Waals surface area contributed by atoms with Gasteiger partial charge in [-0.25, -0.2) is 0 Å². The van der Waals surface area contributed by atoms with E-state index in [1.165, 1.54) is 6.92 Å². The molecule has 0 spiro atoms. The van der Waals surface area contributed by atoms with Crippen molar-refractivity contribution >= 4 is 17.8 Å². The third-order valence-electron chi connectivity index (χ3n) is 2.24. The molecule has 1 aromatic carbocycles. The van der Waals surface area contributed by atoms with Gasteiger partial charge >= 0.3 is 0 Å². The molecule has 1 aromatic rings. The number of ketones is 1. The molecule has 0 amide bonds. The van der Waals surface area contributed by atoms with Crippen LogP contribution in [0.2, 0.25) is 0 Å². The molecule has 1 atom stereocenters. The van der Waals surface area contributed by atoms with Gasteiger partial charge in [0.15, 0.2) is 0 Å². The molecule has 1 unspecified atom stereocenters. The molecule has 0 fully saturated rings. The fourth-order valence-corrected chi connectivity index (χ4v) is 1.30. The van der Waals surface area contributed by atoms with Crippen molar-refractivity contribution in [3.8, 4) is 0 Å². The smallest absolute Gasteiger partial charge is 0.140 e. The zero-order valence-corrected chi connectivity index (χ0v) is 8.77. The molecule has 1 rings (SSSR count). The van der Waals surface area contributed by atoms with Gasteiger partial charge < -0.3 is 10.1 Å². The molecule has 0 bridgehead atoms. The maximum Gasteiger partial charge on any atom is 0.140 e. The Morgan fingerprint density at radius 2 is 2.07 bits per heavy atom. The molecule has 0 radical (unpaired) electrons. The van der Waals surface area contributed by atoms with E-state index in [0.717, 1.165) is 12.0 Å². The van der Waals surface area contributed by atoms with Crippen LogP contribution in [0.25, 0.3) is 0 Å². The van der Waals surface area contributed by atoms with Gasteiger partial charge in [-0.2, -0.15) is 0 Å². The SMILES string of the molecule is CC(=O)C(C=O)CCNc1ccccc1. The van der Waals surface area contributed by atoms with Crippen molar-refractivity contribution in [1.29, 1.82) is 0 Å². The van der Waals surface area contributed by atoms with E-state index in [1.807, 2.05) is 30.3 Å². The first kappa shape index (κ1) is 11.4. The lowest BCUT2D eigenvalue weighted by molar-refractivity contribution is -0.125. The summed E-state index contributed by atoms with van der Waals surface area (Å²) in [6, 6.07) is 9.71. The predicted octanol–water partition coefficient (Wildman–Crippen LogP) is 1.89. The van der Waals surface area contributed by atoms with Crippen molar-refractivity contribution < 1.29 is 9.59 Å². The van der Waals surface area contributed by atoms with Gasteiger partial charge in [0.05, 0.1) is 5.92 Å². The number of anilines is 1. The molecule has 80 valence electrons. The zero-order valence-electron chi connectivity index (χ0n) is 8.77. The van der Waals surface area contributed by atoms with E-state index >= 15 is 0 Å². The fourth-order valence-electron chi connectivity index (χ4n) is 1.30. The summed E-state index contributed by atoms with van der Waals surface area (Å²) in [5.74, 6) is -0.541. The Kier molecular flexibility index (Phi) is 4.54. The van der Waals surface area contributed by atoms with Gasteiger partial charge in [-0.3, -0.25) is 4.79 Å². The van der Waals surface area contributed by atoms with Crippen molar-refractivity contribution in [2.45, 2.75) is 13.3 Å².